The predicted molar refractivity (Wildman–Crippen MR) is 88.7 cm³/mol. The second kappa shape index (κ2) is 6.83. The maximum Gasteiger partial charge on any atom is 0.0787 e. The van der Waals surface area contributed by atoms with Crippen LogP contribution in [0.3, 0.4) is 0 Å². The fraction of sp³-hybridized carbons (Fsp3) is 0.625. The Hall–Kier alpha value is -0.710. The van der Waals surface area contributed by atoms with Crippen molar-refractivity contribution in [3.05, 3.63) is 29.8 Å². The first-order chi connectivity index (χ1) is 9.52. The second-order valence-electron chi connectivity index (χ2n) is 5.89. The first-order valence-electron chi connectivity index (χ1n) is 7.32. The molecule has 1 aliphatic heterocycles. The molecule has 2 rings (SSSR count). The third-order valence-corrected chi connectivity index (χ3v) is 5.03. The van der Waals surface area contributed by atoms with Gasteiger partial charge in [0.05, 0.1) is 5.60 Å². The third-order valence-electron chi connectivity index (χ3n) is 4.05. The quantitative estimate of drug-likeness (QED) is 0.875. The number of benzene rings is 1. The summed E-state index contributed by atoms with van der Waals surface area (Å²) in [6, 6.07) is 8.68. The van der Waals surface area contributed by atoms with Gasteiger partial charge in [-0.1, -0.05) is 18.2 Å². The maximum absolute atomic E-state index is 10.6. The highest BCUT2D eigenvalue weighted by atomic mass is 32.2. The number of nitrogens with one attached hydrogen (secondary N) is 1. The van der Waals surface area contributed by atoms with Gasteiger partial charge in [0.15, 0.2) is 0 Å². The Bertz CT molecular complexity index is 430. The third kappa shape index (κ3) is 3.90. The van der Waals surface area contributed by atoms with Gasteiger partial charge in [0, 0.05) is 32.4 Å². The molecule has 4 heteroatoms. The molecule has 1 aromatic carbocycles. The van der Waals surface area contributed by atoms with Crippen molar-refractivity contribution in [2.45, 2.75) is 31.4 Å². The lowest BCUT2D eigenvalue weighted by Crippen LogP contribution is -2.44. The molecule has 3 nitrogen and oxygen atoms in total. The Morgan fingerprint density at radius 3 is 2.60 bits per heavy atom. The van der Waals surface area contributed by atoms with Crippen LogP contribution in [0.25, 0.3) is 0 Å². The molecule has 0 bridgehead atoms. The zero-order valence-electron chi connectivity index (χ0n) is 12.7. The van der Waals surface area contributed by atoms with Gasteiger partial charge >= 0.3 is 0 Å². The van der Waals surface area contributed by atoms with Crippen LogP contribution in [0.5, 0.6) is 0 Å². The van der Waals surface area contributed by atoms with Crippen molar-refractivity contribution in [3.8, 4) is 0 Å². The van der Waals surface area contributed by atoms with Crippen molar-refractivity contribution in [2.75, 3.05) is 37.0 Å². The number of thioether (sulfide) groups is 1. The first-order valence-corrected chi connectivity index (χ1v) is 8.47. The van der Waals surface area contributed by atoms with Crippen molar-refractivity contribution < 1.29 is 5.11 Å². The Labute approximate surface area is 126 Å². The molecule has 1 aliphatic rings. The molecule has 1 atom stereocenters. The van der Waals surface area contributed by atoms with Crippen molar-refractivity contribution in [2.24, 2.45) is 0 Å². The molecule has 0 spiro atoms. The molecule has 112 valence electrons. The summed E-state index contributed by atoms with van der Waals surface area (Å²) in [7, 11) is 4.13. The number of aliphatic hydroxyl groups is 1. The summed E-state index contributed by atoms with van der Waals surface area (Å²) in [4.78, 5) is 2.14. The van der Waals surface area contributed by atoms with E-state index in [1.165, 1.54) is 11.3 Å². The van der Waals surface area contributed by atoms with Gasteiger partial charge in [-0.05, 0) is 42.9 Å². The van der Waals surface area contributed by atoms with E-state index >= 15 is 0 Å². The molecule has 0 radical (unpaired) electrons. The van der Waals surface area contributed by atoms with Gasteiger partial charge in [0.25, 0.3) is 0 Å². The fourth-order valence-corrected chi connectivity index (χ4v) is 3.89. The molecule has 1 aromatic rings. The molecule has 20 heavy (non-hydrogen) atoms. The van der Waals surface area contributed by atoms with Crippen LogP contribution in [0.1, 0.15) is 31.4 Å². The summed E-state index contributed by atoms with van der Waals surface area (Å²) in [6.45, 7) is 2.85. The molecule has 1 fully saturated rings. The van der Waals surface area contributed by atoms with E-state index in [0.29, 0.717) is 6.54 Å². The topological polar surface area (TPSA) is 35.5 Å². The van der Waals surface area contributed by atoms with Crippen molar-refractivity contribution in [3.63, 3.8) is 0 Å². The largest absolute Gasteiger partial charge is 0.389 e. The van der Waals surface area contributed by atoms with Gasteiger partial charge in [-0.2, -0.15) is 11.8 Å². The summed E-state index contributed by atoms with van der Waals surface area (Å²) in [5.41, 5.74) is 2.00. The standard InChI is InChI=1S/C16H26N2OS/c1-13(14-6-4-5-7-15(14)18(2)3)17-12-16(19)8-10-20-11-9-16/h4-7,13,17,19H,8-12H2,1-3H3. The summed E-state index contributed by atoms with van der Waals surface area (Å²) in [5.74, 6) is 2.14. The Balaban J connectivity index is 1.99. The van der Waals surface area contributed by atoms with Crippen molar-refractivity contribution in [1.29, 1.82) is 0 Å². The number of rotatable bonds is 5. The predicted octanol–water partition coefficient (Wildman–Crippen LogP) is 2.66. The van der Waals surface area contributed by atoms with Crippen LogP contribution in [0.15, 0.2) is 24.3 Å². The van der Waals surface area contributed by atoms with Crippen molar-refractivity contribution >= 4 is 17.4 Å². The van der Waals surface area contributed by atoms with E-state index in [1.54, 1.807) is 0 Å². The number of anilines is 1. The number of nitrogens with zero attached hydrogens (tertiary/aromatic N) is 1. The lowest BCUT2D eigenvalue weighted by Gasteiger charge is -2.33. The zero-order chi connectivity index (χ0) is 14.6. The Kier molecular flexibility index (Phi) is 5.35. The van der Waals surface area contributed by atoms with Gasteiger partial charge in [0.2, 0.25) is 0 Å². The average molecular weight is 294 g/mol. The Morgan fingerprint density at radius 1 is 1.30 bits per heavy atom. The smallest absolute Gasteiger partial charge is 0.0787 e. The van der Waals surface area contributed by atoms with Crippen LogP contribution in [0.2, 0.25) is 0 Å². The van der Waals surface area contributed by atoms with Gasteiger partial charge in [-0.15, -0.1) is 0 Å². The molecule has 1 heterocycles. The van der Waals surface area contributed by atoms with E-state index in [-0.39, 0.29) is 6.04 Å². The van der Waals surface area contributed by atoms with E-state index in [2.05, 4.69) is 55.5 Å². The highest BCUT2D eigenvalue weighted by molar-refractivity contribution is 7.99. The minimum absolute atomic E-state index is 0.243. The van der Waals surface area contributed by atoms with Crippen LogP contribution < -0.4 is 10.2 Å². The highest BCUT2D eigenvalue weighted by Gasteiger charge is 2.29. The summed E-state index contributed by atoms with van der Waals surface area (Å²) in [5, 5.41) is 14.1. The molecular weight excluding hydrogens is 268 g/mol. The lowest BCUT2D eigenvalue weighted by atomic mass is 9.96. The Morgan fingerprint density at radius 2 is 1.95 bits per heavy atom. The monoisotopic (exact) mass is 294 g/mol. The van der Waals surface area contributed by atoms with Gasteiger partial charge < -0.3 is 15.3 Å². The highest BCUT2D eigenvalue weighted by Crippen LogP contribution is 2.28. The molecule has 0 aliphatic carbocycles. The van der Waals surface area contributed by atoms with Crippen LogP contribution in [-0.4, -0.2) is 42.9 Å². The fourth-order valence-electron chi connectivity index (χ4n) is 2.64. The van der Waals surface area contributed by atoms with E-state index in [1.807, 2.05) is 11.8 Å². The molecule has 0 saturated carbocycles. The maximum atomic E-state index is 10.6. The van der Waals surface area contributed by atoms with Crippen LogP contribution in [-0.2, 0) is 0 Å². The van der Waals surface area contributed by atoms with Gasteiger partial charge in [-0.25, -0.2) is 0 Å². The van der Waals surface area contributed by atoms with Crippen molar-refractivity contribution in [1.82, 2.24) is 5.32 Å². The van der Waals surface area contributed by atoms with Crippen LogP contribution in [0.4, 0.5) is 5.69 Å². The summed E-state index contributed by atoms with van der Waals surface area (Å²) in [6.07, 6.45) is 1.79. The minimum atomic E-state index is -0.521. The molecule has 1 unspecified atom stereocenters. The molecule has 1 saturated heterocycles. The average Bonchev–Trinajstić information content (AvgIpc) is 2.45. The number of hydrogen-bond donors (Lipinski definition) is 2. The molecule has 0 amide bonds. The van der Waals surface area contributed by atoms with E-state index in [9.17, 15) is 5.11 Å². The minimum Gasteiger partial charge on any atom is -0.389 e. The first kappa shape index (κ1) is 15.7. The number of hydrogen-bond acceptors (Lipinski definition) is 4. The van der Waals surface area contributed by atoms with E-state index in [0.717, 1.165) is 24.3 Å². The number of para-hydroxylation sites is 1. The van der Waals surface area contributed by atoms with E-state index in [4.69, 9.17) is 0 Å². The van der Waals surface area contributed by atoms with E-state index < -0.39 is 5.60 Å². The van der Waals surface area contributed by atoms with Crippen LogP contribution >= 0.6 is 11.8 Å². The SMILES string of the molecule is CC(NCC1(O)CCSCC1)c1ccccc1N(C)C. The summed E-state index contributed by atoms with van der Waals surface area (Å²) < 4.78 is 0. The van der Waals surface area contributed by atoms with Crippen LogP contribution in [0, 0.1) is 0 Å². The normalized spacial score (nSPS) is 19.6. The summed E-state index contributed by atoms with van der Waals surface area (Å²) >= 11 is 1.94. The molecule has 0 aromatic heterocycles. The zero-order valence-corrected chi connectivity index (χ0v) is 13.5. The van der Waals surface area contributed by atoms with Gasteiger partial charge in [-0.3, -0.25) is 0 Å². The molecular formula is C16H26N2OS. The lowest BCUT2D eigenvalue weighted by molar-refractivity contribution is 0.0300. The second-order valence-corrected chi connectivity index (χ2v) is 7.12. The van der Waals surface area contributed by atoms with Gasteiger partial charge in [0.1, 0.15) is 0 Å². The molecule has 2 N–H and O–H groups in total.